The largest absolute Gasteiger partial charge is 0.396 e. The number of nitrogens with one attached hydrogen (secondary N) is 2. The number of carbonyl (C=O) groups excluding carboxylic acids is 3. The van der Waals surface area contributed by atoms with E-state index in [1.54, 1.807) is 9.58 Å². The molecule has 11 nitrogen and oxygen atoms in total. The zero-order valence-electron chi connectivity index (χ0n) is 23.9. The van der Waals surface area contributed by atoms with Crippen LogP contribution >= 0.6 is 0 Å². The summed E-state index contributed by atoms with van der Waals surface area (Å²) in [6.07, 6.45) is 3.67. The number of nitrogens with zero attached hydrogens (tertiary/aromatic N) is 4. The first kappa shape index (κ1) is 28.3. The van der Waals surface area contributed by atoms with Crippen LogP contribution < -0.4 is 10.6 Å². The molecule has 0 saturated carbocycles. The van der Waals surface area contributed by atoms with E-state index in [1.807, 2.05) is 61.5 Å². The van der Waals surface area contributed by atoms with Crippen LogP contribution in [-0.4, -0.2) is 73.1 Å². The maximum Gasteiger partial charge on any atom is 0.247 e. The molecule has 2 unspecified atom stereocenters. The highest BCUT2D eigenvalue weighted by Gasteiger charge is 2.78. The van der Waals surface area contributed by atoms with Gasteiger partial charge in [0.15, 0.2) is 0 Å². The second-order valence-corrected chi connectivity index (χ2v) is 11.6. The number of likely N-dealkylation sites (tertiary alicyclic amines) is 1. The van der Waals surface area contributed by atoms with Gasteiger partial charge >= 0.3 is 0 Å². The quantitative estimate of drug-likeness (QED) is 0.282. The van der Waals surface area contributed by atoms with Gasteiger partial charge in [-0.2, -0.15) is 0 Å². The number of ether oxygens (including phenoxy) is 1. The molecule has 3 saturated heterocycles. The number of rotatable bonds is 12. The van der Waals surface area contributed by atoms with E-state index < -0.39 is 29.1 Å². The summed E-state index contributed by atoms with van der Waals surface area (Å²) in [5, 5.41) is 23.7. The number of unbranched alkanes of at least 4 members (excludes halogenated alkanes) is 2. The number of carbonyl (C=O) groups is 3. The van der Waals surface area contributed by atoms with Crippen molar-refractivity contribution in [1.82, 2.24) is 30.5 Å². The van der Waals surface area contributed by atoms with Crippen LogP contribution in [0.2, 0.25) is 0 Å². The predicted octanol–water partition coefficient (Wildman–Crippen LogP) is 2.14. The Kier molecular flexibility index (Phi) is 7.71. The minimum atomic E-state index is -1.09. The first-order valence-electron chi connectivity index (χ1n) is 14.9. The maximum absolute atomic E-state index is 14.2. The molecule has 3 aromatic rings. The normalized spacial score (nSPS) is 27.9. The highest BCUT2D eigenvalue weighted by molar-refractivity contribution is 5.99. The van der Waals surface area contributed by atoms with E-state index in [9.17, 15) is 19.5 Å². The molecule has 1 spiro atoms. The van der Waals surface area contributed by atoms with Gasteiger partial charge in [-0.25, -0.2) is 4.68 Å². The summed E-state index contributed by atoms with van der Waals surface area (Å²) in [4.78, 5) is 43.7. The monoisotopic (exact) mass is 574 g/mol. The van der Waals surface area contributed by atoms with Crippen LogP contribution in [0.4, 0.5) is 0 Å². The molecule has 222 valence electrons. The molecule has 3 aliphatic rings. The van der Waals surface area contributed by atoms with E-state index in [4.69, 9.17) is 4.74 Å². The van der Waals surface area contributed by atoms with E-state index >= 15 is 0 Å². The number of aromatic nitrogens is 3. The summed E-state index contributed by atoms with van der Waals surface area (Å²) in [5.74, 6) is -2.19. The second-order valence-electron chi connectivity index (χ2n) is 11.6. The molecule has 3 amide bonds. The van der Waals surface area contributed by atoms with Crippen molar-refractivity contribution in [1.29, 1.82) is 0 Å². The van der Waals surface area contributed by atoms with Crippen LogP contribution in [0.25, 0.3) is 11.0 Å². The van der Waals surface area contributed by atoms with Gasteiger partial charge in [0.05, 0.1) is 23.0 Å². The molecule has 0 aliphatic carbocycles. The molecule has 5 atom stereocenters. The first-order chi connectivity index (χ1) is 20.4. The van der Waals surface area contributed by atoms with Gasteiger partial charge < -0.3 is 25.4 Å². The van der Waals surface area contributed by atoms with Gasteiger partial charge in [-0.3, -0.25) is 14.4 Å². The summed E-state index contributed by atoms with van der Waals surface area (Å²) < 4.78 is 8.43. The second kappa shape index (κ2) is 11.4. The predicted molar refractivity (Wildman–Crippen MR) is 153 cm³/mol. The molecule has 2 bridgehead atoms. The Balaban J connectivity index is 1.28. The van der Waals surface area contributed by atoms with E-state index in [0.29, 0.717) is 45.2 Å². The van der Waals surface area contributed by atoms with Gasteiger partial charge in [0.1, 0.15) is 23.8 Å². The zero-order valence-corrected chi connectivity index (χ0v) is 23.9. The number of para-hydroxylation sites is 1. The molecule has 3 fully saturated rings. The molecular weight excluding hydrogens is 536 g/mol. The minimum Gasteiger partial charge on any atom is -0.396 e. The highest BCUT2D eigenvalue weighted by Crippen LogP contribution is 2.64. The fraction of sp³-hybridized carbons (Fsp3) is 0.516. The molecular formula is C31H38N6O5. The van der Waals surface area contributed by atoms with Crippen molar-refractivity contribution in [3.63, 3.8) is 0 Å². The molecule has 3 aliphatic heterocycles. The van der Waals surface area contributed by atoms with Crippen LogP contribution in [0, 0.1) is 11.8 Å². The van der Waals surface area contributed by atoms with Crippen molar-refractivity contribution in [2.45, 2.75) is 75.9 Å². The van der Waals surface area contributed by atoms with Crippen molar-refractivity contribution in [2.75, 3.05) is 13.2 Å². The van der Waals surface area contributed by atoms with Gasteiger partial charge in [-0.1, -0.05) is 54.6 Å². The number of amides is 3. The van der Waals surface area contributed by atoms with Crippen LogP contribution in [0.3, 0.4) is 0 Å². The standard InChI is InChI=1S/C31H38N6O5/c1-2-30-15-16-31(42-30)25(24(30)27(39)32-19-21-11-5-3-6-12-21)29(41)36(17-9-4-10-18-38)26(31)28(40)33-20-37-23-14-8-7-13-22(23)34-35-37/h3,5-8,11-14,24-26,38H,2,4,9-10,15-20H2,1H3,(H,32,39)(H,33,40)/t24-,25+,26?,30+,31?/m1/s1. The average Bonchev–Trinajstić information content (AvgIpc) is 3.74. The lowest BCUT2D eigenvalue weighted by Crippen LogP contribution is -2.55. The lowest BCUT2D eigenvalue weighted by molar-refractivity contribution is -0.148. The lowest BCUT2D eigenvalue weighted by Gasteiger charge is -2.34. The Hall–Kier alpha value is -3.83. The third kappa shape index (κ3) is 4.64. The van der Waals surface area contributed by atoms with Crippen LogP contribution in [-0.2, 0) is 32.3 Å². The Morgan fingerprint density at radius 1 is 1.02 bits per heavy atom. The molecule has 3 N–H and O–H groups in total. The van der Waals surface area contributed by atoms with E-state index in [0.717, 1.165) is 23.0 Å². The van der Waals surface area contributed by atoms with Crippen LogP contribution in [0.15, 0.2) is 54.6 Å². The maximum atomic E-state index is 14.2. The zero-order chi connectivity index (χ0) is 29.3. The summed E-state index contributed by atoms with van der Waals surface area (Å²) in [6.45, 7) is 2.84. The molecule has 42 heavy (non-hydrogen) atoms. The van der Waals surface area contributed by atoms with Gasteiger partial charge in [-0.15, -0.1) is 5.10 Å². The fourth-order valence-corrected chi connectivity index (χ4v) is 7.41. The van der Waals surface area contributed by atoms with Crippen LogP contribution in [0.1, 0.15) is 51.0 Å². The topological polar surface area (TPSA) is 139 Å². The van der Waals surface area contributed by atoms with Crippen LogP contribution in [0.5, 0.6) is 0 Å². The summed E-state index contributed by atoms with van der Waals surface area (Å²) in [5.41, 5.74) is 0.587. The number of aliphatic hydroxyl groups excluding tert-OH is 1. The number of hydrogen-bond acceptors (Lipinski definition) is 7. The number of hydrogen-bond donors (Lipinski definition) is 3. The summed E-state index contributed by atoms with van der Waals surface area (Å²) in [6, 6.07) is 16.3. The summed E-state index contributed by atoms with van der Waals surface area (Å²) >= 11 is 0. The van der Waals surface area contributed by atoms with Crippen molar-refractivity contribution in [2.24, 2.45) is 11.8 Å². The Morgan fingerprint density at radius 2 is 1.81 bits per heavy atom. The fourth-order valence-electron chi connectivity index (χ4n) is 7.41. The smallest absolute Gasteiger partial charge is 0.247 e. The van der Waals surface area contributed by atoms with E-state index in [-0.39, 0.29) is 31.0 Å². The Morgan fingerprint density at radius 3 is 2.60 bits per heavy atom. The van der Waals surface area contributed by atoms with Gasteiger partial charge in [0, 0.05) is 19.7 Å². The Bertz CT molecular complexity index is 1460. The molecule has 6 rings (SSSR count). The Labute approximate surface area is 244 Å². The lowest BCUT2D eigenvalue weighted by atomic mass is 9.65. The van der Waals surface area contributed by atoms with Gasteiger partial charge in [-0.05, 0) is 56.2 Å². The molecule has 4 heterocycles. The van der Waals surface area contributed by atoms with E-state index in [1.165, 1.54) is 0 Å². The average molecular weight is 575 g/mol. The SMILES string of the molecule is CC[C@@]12CCC3(O1)C(C(=O)NCn1nnc4ccccc41)N(CCCCCO)C(=O)[C@@H]3[C@@H]2C(=O)NCc1ccccc1. The van der Waals surface area contributed by atoms with Crippen molar-refractivity contribution in [3.8, 4) is 0 Å². The van der Waals surface area contributed by atoms with E-state index in [2.05, 4.69) is 20.9 Å². The summed E-state index contributed by atoms with van der Waals surface area (Å²) in [7, 11) is 0. The van der Waals surface area contributed by atoms with Crippen molar-refractivity contribution < 1.29 is 24.2 Å². The third-order valence-electron chi connectivity index (χ3n) is 9.40. The number of aliphatic hydroxyl groups is 1. The number of benzene rings is 2. The van der Waals surface area contributed by atoms with Gasteiger partial charge in [0.2, 0.25) is 17.7 Å². The molecule has 1 aromatic heterocycles. The first-order valence-corrected chi connectivity index (χ1v) is 14.9. The third-order valence-corrected chi connectivity index (χ3v) is 9.40. The molecule has 0 radical (unpaired) electrons. The molecule has 11 heteroatoms. The van der Waals surface area contributed by atoms with Gasteiger partial charge in [0.25, 0.3) is 0 Å². The number of fused-ring (bicyclic) bond motifs is 2. The molecule has 2 aromatic carbocycles. The van der Waals surface area contributed by atoms with Crippen molar-refractivity contribution in [3.05, 3.63) is 60.2 Å². The van der Waals surface area contributed by atoms with Crippen molar-refractivity contribution >= 4 is 28.8 Å². The highest BCUT2D eigenvalue weighted by atomic mass is 16.5. The minimum absolute atomic E-state index is 0.0715.